The van der Waals surface area contributed by atoms with E-state index in [-0.39, 0.29) is 11.5 Å². The van der Waals surface area contributed by atoms with Gasteiger partial charge >= 0.3 is 11.9 Å². The molecule has 0 fully saturated rings. The highest BCUT2D eigenvalue weighted by molar-refractivity contribution is 6.13. The molecule has 4 heteroatoms. The van der Waals surface area contributed by atoms with Crippen LogP contribution in [0.4, 0.5) is 0 Å². The number of hydrogen-bond acceptors (Lipinski definition) is 4. The number of methoxy groups -OCH3 is 2. The zero-order chi connectivity index (χ0) is 16.1. The van der Waals surface area contributed by atoms with Crippen molar-refractivity contribution in [1.29, 1.82) is 0 Å². The fraction of sp³-hybridized carbons (Fsp3) is 0.765. The summed E-state index contributed by atoms with van der Waals surface area (Å²) in [5.41, 5.74) is -0.00422. The van der Waals surface area contributed by atoms with Gasteiger partial charge in [0.15, 0.2) is 0 Å². The van der Waals surface area contributed by atoms with Crippen LogP contribution in [0.25, 0.3) is 0 Å². The number of rotatable bonds is 11. The zero-order valence-electron chi connectivity index (χ0n) is 13.9. The van der Waals surface area contributed by atoms with E-state index in [0.717, 1.165) is 12.8 Å². The molecule has 0 saturated heterocycles. The average molecular weight is 298 g/mol. The van der Waals surface area contributed by atoms with E-state index in [0.29, 0.717) is 0 Å². The number of unbranched alkanes of at least 4 members (excludes halogenated alkanes) is 6. The third-order valence-electron chi connectivity index (χ3n) is 3.52. The Morgan fingerprint density at radius 1 is 0.905 bits per heavy atom. The van der Waals surface area contributed by atoms with Gasteiger partial charge < -0.3 is 9.47 Å². The summed E-state index contributed by atoms with van der Waals surface area (Å²) in [6.07, 6.45) is 11.4. The van der Waals surface area contributed by atoms with Crippen molar-refractivity contribution < 1.29 is 19.1 Å². The molecule has 4 nitrogen and oxygen atoms in total. The fourth-order valence-corrected chi connectivity index (χ4v) is 2.23. The minimum absolute atomic E-state index is 0.00422. The van der Waals surface area contributed by atoms with Crippen molar-refractivity contribution in [3.8, 4) is 0 Å². The smallest absolute Gasteiger partial charge is 0.344 e. The van der Waals surface area contributed by atoms with E-state index in [4.69, 9.17) is 0 Å². The number of allylic oxidation sites excluding steroid dienone is 1. The summed E-state index contributed by atoms with van der Waals surface area (Å²) in [6.45, 7) is 4.22. The molecule has 0 radical (unpaired) electrons. The van der Waals surface area contributed by atoms with Gasteiger partial charge in [-0.3, -0.25) is 0 Å². The molecule has 21 heavy (non-hydrogen) atoms. The lowest BCUT2D eigenvalue weighted by molar-refractivity contribution is -0.144. The maximum absolute atomic E-state index is 11.5. The SMILES string of the molecule is CCCCCCCCCC(C)C=C(C(=O)OC)C(=O)OC. The van der Waals surface area contributed by atoms with E-state index in [1.807, 2.05) is 6.92 Å². The second-order valence-corrected chi connectivity index (χ2v) is 5.45. The summed E-state index contributed by atoms with van der Waals surface area (Å²) >= 11 is 0. The first kappa shape index (κ1) is 19.7. The van der Waals surface area contributed by atoms with Crippen molar-refractivity contribution in [3.05, 3.63) is 11.6 Å². The molecule has 0 N–H and O–H groups in total. The van der Waals surface area contributed by atoms with E-state index in [2.05, 4.69) is 16.4 Å². The molecule has 0 aliphatic heterocycles. The Morgan fingerprint density at radius 2 is 1.38 bits per heavy atom. The van der Waals surface area contributed by atoms with Crippen molar-refractivity contribution in [2.75, 3.05) is 14.2 Å². The molecule has 0 aromatic carbocycles. The van der Waals surface area contributed by atoms with E-state index >= 15 is 0 Å². The maximum atomic E-state index is 11.5. The van der Waals surface area contributed by atoms with Crippen LogP contribution in [0.5, 0.6) is 0 Å². The Morgan fingerprint density at radius 3 is 1.86 bits per heavy atom. The lowest BCUT2D eigenvalue weighted by Crippen LogP contribution is -2.17. The van der Waals surface area contributed by atoms with Gasteiger partial charge in [-0.2, -0.15) is 0 Å². The monoisotopic (exact) mass is 298 g/mol. The molecule has 0 aliphatic rings. The van der Waals surface area contributed by atoms with E-state index in [1.165, 1.54) is 52.7 Å². The third kappa shape index (κ3) is 9.27. The summed E-state index contributed by atoms with van der Waals surface area (Å²) in [5.74, 6) is -1.10. The highest BCUT2D eigenvalue weighted by atomic mass is 16.5. The summed E-state index contributed by atoms with van der Waals surface area (Å²) < 4.78 is 9.22. The van der Waals surface area contributed by atoms with Gasteiger partial charge in [-0.05, 0) is 12.3 Å². The van der Waals surface area contributed by atoms with Crippen LogP contribution in [0.3, 0.4) is 0 Å². The molecule has 0 heterocycles. The predicted molar refractivity (Wildman–Crippen MR) is 83.9 cm³/mol. The number of esters is 2. The van der Waals surface area contributed by atoms with E-state index < -0.39 is 11.9 Å². The predicted octanol–water partition coefficient (Wildman–Crippen LogP) is 4.04. The van der Waals surface area contributed by atoms with Crippen LogP contribution in [0.2, 0.25) is 0 Å². The van der Waals surface area contributed by atoms with Gasteiger partial charge in [-0.15, -0.1) is 0 Å². The van der Waals surface area contributed by atoms with Gasteiger partial charge in [0.2, 0.25) is 0 Å². The molecule has 122 valence electrons. The summed E-state index contributed by atoms with van der Waals surface area (Å²) in [6, 6.07) is 0. The molecule has 0 aromatic heterocycles. The zero-order valence-corrected chi connectivity index (χ0v) is 13.9. The average Bonchev–Trinajstić information content (AvgIpc) is 2.50. The third-order valence-corrected chi connectivity index (χ3v) is 3.52. The maximum Gasteiger partial charge on any atom is 0.344 e. The molecule has 0 aliphatic carbocycles. The van der Waals surface area contributed by atoms with Crippen LogP contribution in [-0.2, 0) is 19.1 Å². The van der Waals surface area contributed by atoms with Crippen molar-refractivity contribution in [1.82, 2.24) is 0 Å². The lowest BCUT2D eigenvalue weighted by atomic mass is 9.99. The normalized spacial score (nSPS) is 11.6. The second kappa shape index (κ2) is 12.4. The van der Waals surface area contributed by atoms with E-state index in [9.17, 15) is 9.59 Å². The van der Waals surface area contributed by atoms with Crippen molar-refractivity contribution in [3.63, 3.8) is 0 Å². The second-order valence-electron chi connectivity index (χ2n) is 5.45. The van der Waals surface area contributed by atoms with Gasteiger partial charge in [0.05, 0.1) is 14.2 Å². The molecule has 0 aromatic rings. The summed E-state index contributed by atoms with van der Waals surface area (Å²) in [7, 11) is 2.53. The molecular weight excluding hydrogens is 268 g/mol. The standard InChI is InChI=1S/C17H30O4/c1-5-6-7-8-9-10-11-12-14(2)13-15(16(18)20-3)17(19)21-4/h13-14H,5-12H2,1-4H3. The molecule has 0 rings (SSSR count). The highest BCUT2D eigenvalue weighted by Gasteiger charge is 2.20. The fourth-order valence-electron chi connectivity index (χ4n) is 2.23. The van der Waals surface area contributed by atoms with Gasteiger partial charge in [0.25, 0.3) is 0 Å². The number of hydrogen-bond donors (Lipinski definition) is 0. The molecule has 0 saturated carbocycles. The van der Waals surface area contributed by atoms with Crippen molar-refractivity contribution in [2.45, 2.75) is 65.2 Å². The van der Waals surface area contributed by atoms with Crippen LogP contribution in [0.15, 0.2) is 11.6 Å². The number of carbonyl (C=O) groups is 2. The first-order valence-corrected chi connectivity index (χ1v) is 7.95. The highest BCUT2D eigenvalue weighted by Crippen LogP contribution is 2.16. The number of carbonyl (C=O) groups excluding carboxylic acids is 2. The first-order chi connectivity index (χ1) is 10.1. The van der Waals surface area contributed by atoms with Gasteiger partial charge in [-0.1, -0.05) is 64.9 Å². The van der Waals surface area contributed by atoms with Crippen molar-refractivity contribution in [2.24, 2.45) is 5.92 Å². The van der Waals surface area contributed by atoms with Gasteiger partial charge in [0, 0.05) is 0 Å². The molecule has 1 atom stereocenters. The molecule has 0 bridgehead atoms. The molecular formula is C17H30O4. The Hall–Kier alpha value is -1.32. The summed E-state index contributed by atoms with van der Waals surface area (Å²) in [5, 5.41) is 0. The first-order valence-electron chi connectivity index (χ1n) is 7.95. The Bertz CT molecular complexity index is 316. The van der Waals surface area contributed by atoms with E-state index in [1.54, 1.807) is 6.08 Å². The largest absolute Gasteiger partial charge is 0.465 e. The van der Waals surface area contributed by atoms with Gasteiger partial charge in [-0.25, -0.2) is 9.59 Å². The summed E-state index contributed by atoms with van der Waals surface area (Å²) in [4.78, 5) is 23.1. The van der Waals surface area contributed by atoms with Crippen LogP contribution in [0.1, 0.15) is 65.2 Å². The minimum Gasteiger partial charge on any atom is -0.465 e. The topological polar surface area (TPSA) is 52.6 Å². The van der Waals surface area contributed by atoms with Crippen LogP contribution in [-0.4, -0.2) is 26.2 Å². The molecule has 0 spiro atoms. The van der Waals surface area contributed by atoms with Crippen molar-refractivity contribution >= 4 is 11.9 Å². The minimum atomic E-state index is -0.631. The van der Waals surface area contributed by atoms with Gasteiger partial charge in [0.1, 0.15) is 5.57 Å². The van der Waals surface area contributed by atoms with Crippen LogP contribution in [0, 0.1) is 5.92 Å². The molecule has 1 unspecified atom stereocenters. The van der Waals surface area contributed by atoms with Crippen LogP contribution < -0.4 is 0 Å². The lowest BCUT2D eigenvalue weighted by Gasteiger charge is -2.09. The number of ether oxygens (including phenoxy) is 2. The van der Waals surface area contributed by atoms with Crippen LogP contribution >= 0.6 is 0 Å². The Labute approximate surface area is 128 Å². The Balaban J connectivity index is 4.12. The molecule has 0 amide bonds. The quantitative estimate of drug-likeness (QED) is 0.190. The Kier molecular flexibility index (Phi) is 11.6.